The molecule has 4 heteroatoms. The van der Waals surface area contributed by atoms with Crippen LogP contribution in [0.3, 0.4) is 0 Å². The van der Waals surface area contributed by atoms with Crippen molar-refractivity contribution in [1.82, 2.24) is 0 Å². The van der Waals surface area contributed by atoms with Crippen molar-refractivity contribution in [3.63, 3.8) is 0 Å². The molecule has 15 heavy (non-hydrogen) atoms. The van der Waals surface area contributed by atoms with Crippen LogP contribution in [0.2, 0.25) is 0 Å². The van der Waals surface area contributed by atoms with Crippen molar-refractivity contribution in [2.75, 3.05) is 25.6 Å². The molecule has 82 valence electrons. The summed E-state index contributed by atoms with van der Waals surface area (Å²) < 4.78 is 18.2. The number of methoxy groups -OCH3 is 1. The van der Waals surface area contributed by atoms with E-state index in [-0.39, 0.29) is 5.78 Å². The van der Waals surface area contributed by atoms with Crippen molar-refractivity contribution in [1.29, 1.82) is 0 Å². The molecule has 0 radical (unpaired) electrons. The van der Waals surface area contributed by atoms with Gasteiger partial charge in [0.05, 0.1) is 12.3 Å². The van der Waals surface area contributed by atoms with E-state index in [1.807, 2.05) is 0 Å². The summed E-state index contributed by atoms with van der Waals surface area (Å²) in [7, 11) is 1.58. The third-order valence-corrected chi connectivity index (χ3v) is 2.00. The quantitative estimate of drug-likeness (QED) is 0.598. The van der Waals surface area contributed by atoms with Gasteiger partial charge in [-0.25, -0.2) is 4.39 Å². The van der Waals surface area contributed by atoms with Crippen molar-refractivity contribution in [2.45, 2.75) is 6.92 Å². The average Bonchev–Trinajstić information content (AvgIpc) is 2.20. The predicted molar refractivity (Wildman–Crippen MR) is 56.8 cm³/mol. The van der Waals surface area contributed by atoms with Gasteiger partial charge in [0.2, 0.25) is 0 Å². The highest BCUT2D eigenvalue weighted by atomic mass is 19.1. The number of benzene rings is 1. The molecular formula is C11H14FNO2. The molecule has 0 aromatic heterocycles. The highest BCUT2D eigenvalue weighted by Gasteiger charge is 2.05. The largest absolute Gasteiger partial charge is 0.383 e. The van der Waals surface area contributed by atoms with Crippen LogP contribution >= 0.6 is 0 Å². The summed E-state index contributed by atoms with van der Waals surface area (Å²) in [5.74, 6) is -0.559. The van der Waals surface area contributed by atoms with Gasteiger partial charge in [0, 0.05) is 19.2 Å². The van der Waals surface area contributed by atoms with E-state index >= 15 is 0 Å². The highest BCUT2D eigenvalue weighted by Crippen LogP contribution is 2.15. The van der Waals surface area contributed by atoms with Crippen LogP contribution < -0.4 is 5.32 Å². The van der Waals surface area contributed by atoms with Gasteiger partial charge in [-0.3, -0.25) is 4.79 Å². The first-order valence-corrected chi connectivity index (χ1v) is 4.68. The molecule has 0 spiro atoms. The lowest BCUT2D eigenvalue weighted by Gasteiger charge is -2.07. The van der Waals surface area contributed by atoms with E-state index in [0.29, 0.717) is 24.4 Å². The Balaban J connectivity index is 2.70. The first kappa shape index (κ1) is 11.7. The van der Waals surface area contributed by atoms with Crippen molar-refractivity contribution in [3.8, 4) is 0 Å². The topological polar surface area (TPSA) is 38.3 Å². The monoisotopic (exact) mass is 211 g/mol. The van der Waals surface area contributed by atoms with Crippen molar-refractivity contribution in [2.24, 2.45) is 0 Å². The van der Waals surface area contributed by atoms with Crippen LogP contribution in [0.4, 0.5) is 10.1 Å². The molecule has 1 N–H and O–H groups in total. The number of halogens is 1. The van der Waals surface area contributed by atoms with Gasteiger partial charge in [0.15, 0.2) is 5.78 Å². The zero-order valence-corrected chi connectivity index (χ0v) is 8.84. The van der Waals surface area contributed by atoms with Crippen molar-refractivity contribution < 1.29 is 13.9 Å². The SMILES string of the molecule is COCCNc1ccc(C(C)=O)cc1F. The lowest BCUT2D eigenvalue weighted by molar-refractivity contribution is 0.101. The third kappa shape index (κ3) is 3.32. The molecule has 0 saturated heterocycles. The summed E-state index contributed by atoms with van der Waals surface area (Å²) >= 11 is 0. The fraction of sp³-hybridized carbons (Fsp3) is 0.364. The number of anilines is 1. The first-order valence-electron chi connectivity index (χ1n) is 4.68. The minimum atomic E-state index is -0.418. The van der Waals surface area contributed by atoms with Crippen LogP contribution in [-0.4, -0.2) is 26.0 Å². The van der Waals surface area contributed by atoms with Gasteiger partial charge in [0.1, 0.15) is 5.82 Å². The van der Waals surface area contributed by atoms with Crippen LogP contribution in [0, 0.1) is 5.82 Å². The zero-order valence-electron chi connectivity index (χ0n) is 8.84. The Hall–Kier alpha value is -1.42. The van der Waals surface area contributed by atoms with E-state index in [9.17, 15) is 9.18 Å². The molecule has 1 rings (SSSR count). The zero-order chi connectivity index (χ0) is 11.3. The standard InChI is InChI=1S/C11H14FNO2/c1-8(14)9-3-4-11(10(12)7-9)13-5-6-15-2/h3-4,7,13H,5-6H2,1-2H3. The van der Waals surface area contributed by atoms with Crippen LogP contribution in [0.1, 0.15) is 17.3 Å². The summed E-state index contributed by atoms with van der Waals surface area (Å²) in [4.78, 5) is 11.0. The molecule has 0 unspecified atom stereocenters. The molecule has 0 aliphatic heterocycles. The van der Waals surface area contributed by atoms with Gasteiger partial charge < -0.3 is 10.1 Å². The molecule has 0 fully saturated rings. The number of carbonyl (C=O) groups excluding carboxylic acids is 1. The second-order valence-electron chi connectivity index (χ2n) is 3.17. The second kappa shape index (κ2) is 5.46. The Bertz CT molecular complexity index is 352. The number of ether oxygens (including phenoxy) is 1. The summed E-state index contributed by atoms with van der Waals surface area (Å²) in [6.45, 7) is 2.45. The molecule has 0 heterocycles. The fourth-order valence-corrected chi connectivity index (χ4v) is 1.17. The minimum Gasteiger partial charge on any atom is -0.383 e. The maximum atomic E-state index is 13.4. The van der Waals surface area contributed by atoms with E-state index in [0.717, 1.165) is 0 Å². The van der Waals surface area contributed by atoms with Gasteiger partial charge in [0.25, 0.3) is 0 Å². The molecule has 1 aromatic rings. The summed E-state index contributed by atoms with van der Waals surface area (Å²) in [6.07, 6.45) is 0. The van der Waals surface area contributed by atoms with Crippen molar-refractivity contribution >= 4 is 11.5 Å². The predicted octanol–water partition coefficient (Wildman–Crippen LogP) is 2.09. The summed E-state index contributed by atoms with van der Waals surface area (Å²) in [5, 5.41) is 2.87. The molecule has 1 aromatic carbocycles. The number of hydrogen-bond donors (Lipinski definition) is 1. The number of ketones is 1. The number of nitrogens with one attached hydrogen (secondary N) is 1. The van der Waals surface area contributed by atoms with Gasteiger partial charge in [-0.1, -0.05) is 0 Å². The number of hydrogen-bond acceptors (Lipinski definition) is 3. The normalized spacial score (nSPS) is 10.1. The minimum absolute atomic E-state index is 0.141. The van der Waals surface area contributed by atoms with E-state index in [4.69, 9.17) is 4.74 Å². The lowest BCUT2D eigenvalue weighted by atomic mass is 10.1. The molecule has 0 aliphatic carbocycles. The summed E-state index contributed by atoms with van der Waals surface area (Å²) in [6, 6.07) is 4.39. The molecule has 0 bridgehead atoms. The Morgan fingerprint density at radius 2 is 2.27 bits per heavy atom. The lowest BCUT2D eigenvalue weighted by Crippen LogP contribution is -2.09. The van der Waals surface area contributed by atoms with Crippen LogP contribution in [-0.2, 0) is 4.74 Å². The molecule has 0 atom stereocenters. The van der Waals surface area contributed by atoms with E-state index in [1.165, 1.54) is 13.0 Å². The van der Waals surface area contributed by atoms with Crippen LogP contribution in [0.15, 0.2) is 18.2 Å². The van der Waals surface area contributed by atoms with Crippen LogP contribution in [0.25, 0.3) is 0 Å². The molecule has 0 amide bonds. The number of Topliss-reactive ketones (excluding diaryl/α,β-unsaturated/α-hetero) is 1. The molecule has 3 nitrogen and oxygen atoms in total. The second-order valence-corrected chi connectivity index (χ2v) is 3.17. The maximum Gasteiger partial charge on any atom is 0.159 e. The first-order chi connectivity index (χ1) is 7.15. The van der Waals surface area contributed by atoms with E-state index in [1.54, 1.807) is 19.2 Å². The van der Waals surface area contributed by atoms with Gasteiger partial charge in [-0.05, 0) is 25.1 Å². The Morgan fingerprint density at radius 3 is 2.80 bits per heavy atom. The van der Waals surface area contributed by atoms with Crippen molar-refractivity contribution in [3.05, 3.63) is 29.6 Å². The smallest absolute Gasteiger partial charge is 0.159 e. The van der Waals surface area contributed by atoms with Gasteiger partial charge in [-0.2, -0.15) is 0 Å². The number of rotatable bonds is 5. The summed E-state index contributed by atoms with van der Waals surface area (Å²) in [5.41, 5.74) is 0.766. The van der Waals surface area contributed by atoms with E-state index in [2.05, 4.69) is 5.32 Å². The van der Waals surface area contributed by atoms with E-state index < -0.39 is 5.82 Å². The maximum absolute atomic E-state index is 13.4. The Kier molecular flexibility index (Phi) is 4.24. The number of carbonyl (C=O) groups is 1. The third-order valence-electron chi connectivity index (χ3n) is 2.00. The Morgan fingerprint density at radius 1 is 1.53 bits per heavy atom. The van der Waals surface area contributed by atoms with Gasteiger partial charge >= 0.3 is 0 Å². The van der Waals surface area contributed by atoms with Gasteiger partial charge in [-0.15, -0.1) is 0 Å². The molecular weight excluding hydrogens is 197 g/mol. The molecule has 0 aliphatic rings. The average molecular weight is 211 g/mol. The highest BCUT2D eigenvalue weighted by molar-refractivity contribution is 5.94. The fourth-order valence-electron chi connectivity index (χ4n) is 1.17. The van der Waals surface area contributed by atoms with Crippen LogP contribution in [0.5, 0.6) is 0 Å². The Labute approximate surface area is 88.2 Å². The molecule has 0 saturated carbocycles.